The number of aliphatic hydroxyl groups excluding tert-OH is 1. The van der Waals surface area contributed by atoms with Crippen molar-refractivity contribution in [2.24, 2.45) is 5.92 Å². The summed E-state index contributed by atoms with van der Waals surface area (Å²) in [6.07, 6.45) is 2.33. The van der Waals surface area contributed by atoms with Gasteiger partial charge in [0.05, 0.1) is 0 Å². The molecule has 2 nitrogen and oxygen atoms in total. The molecule has 0 aliphatic carbocycles. The third kappa shape index (κ3) is 3.83. The van der Waals surface area contributed by atoms with E-state index in [4.69, 9.17) is 0 Å². The van der Waals surface area contributed by atoms with E-state index < -0.39 is 0 Å². The zero-order chi connectivity index (χ0) is 12.8. The molecule has 0 spiro atoms. The minimum absolute atomic E-state index is 0.222. The van der Waals surface area contributed by atoms with Gasteiger partial charge in [0.1, 0.15) is 0 Å². The molecule has 1 rings (SSSR count). The van der Waals surface area contributed by atoms with Crippen molar-refractivity contribution in [3.63, 3.8) is 0 Å². The van der Waals surface area contributed by atoms with Crippen LogP contribution in [0.3, 0.4) is 0 Å². The Morgan fingerprint density at radius 2 is 1.76 bits per heavy atom. The SMILES string of the molecule is CCCc1ccc(C(C(C)CO)N(C)C)cc1. The van der Waals surface area contributed by atoms with E-state index in [2.05, 4.69) is 57.1 Å². The van der Waals surface area contributed by atoms with Crippen LogP contribution in [-0.4, -0.2) is 30.7 Å². The predicted molar refractivity (Wildman–Crippen MR) is 73.1 cm³/mol. The fourth-order valence-electron chi connectivity index (χ4n) is 2.41. The molecule has 1 aromatic rings. The van der Waals surface area contributed by atoms with Crippen LogP contribution in [0.25, 0.3) is 0 Å². The Morgan fingerprint density at radius 3 is 2.18 bits per heavy atom. The zero-order valence-electron chi connectivity index (χ0n) is 11.5. The predicted octanol–water partition coefficient (Wildman–Crippen LogP) is 2.87. The summed E-state index contributed by atoms with van der Waals surface area (Å²) in [6, 6.07) is 9.10. The fraction of sp³-hybridized carbons (Fsp3) is 0.600. The van der Waals surface area contributed by atoms with Crippen LogP contribution >= 0.6 is 0 Å². The maximum atomic E-state index is 9.33. The molecule has 2 unspecified atom stereocenters. The fourth-order valence-corrected chi connectivity index (χ4v) is 2.41. The summed E-state index contributed by atoms with van der Waals surface area (Å²) in [5.41, 5.74) is 2.68. The van der Waals surface area contributed by atoms with Crippen LogP contribution < -0.4 is 0 Å². The number of aryl methyl sites for hydroxylation is 1. The maximum Gasteiger partial charge on any atom is 0.0474 e. The summed E-state index contributed by atoms with van der Waals surface area (Å²) < 4.78 is 0. The normalized spacial score (nSPS) is 14.9. The first-order chi connectivity index (χ1) is 8.10. The molecular weight excluding hydrogens is 210 g/mol. The van der Waals surface area contributed by atoms with Crippen LogP contribution in [0, 0.1) is 5.92 Å². The summed E-state index contributed by atoms with van der Waals surface area (Å²) in [6.45, 7) is 4.51. The molecule has 17 heavy (non-hydrogen) atoms. The van der Waals surface area contributed by atoms with Crippen molar-refractivity contribution in [2.75, 3.05) is 20.7 Å². The second kappa shape index (κ2) is 6.77. The van der Waals surface area contributed by atoms with Crippen molar-refractivity contribution in [1.29, 1.82) is 0 Å². The molecule has 0 aliphatic heterocycles. The highest BCUT2D eigenvalue weighted by Crippen LogP contribution is 2.26. The van der Waals surface area contributed by atoms with E-state index >= 15 is 0 Å². The minimum atomic E-state index is 0.222. The van der Waals surface area contributed by atoms with Crippen LogP contribution in [0.1, 0.15) is 37.4 Å². The van der Waals surface area contributed by atoms with Gasteiger partial charge in [0.25, 0.3) is 0 Å². The Kier molecular flexibility index (Phi) is 5.66. The molecule has 0 radical (unpaired) electrons. The second-order valence-electron chi connectivity index (χ2n) is 5.06. The number of nitrogens with zero attached hydrogens (tertiary/aromatic N) is 1. The van der Waals surface area contributed by atoms with Crippen molar-refractivity contribution < 1.29 is 5.11 Å². The highest BCUT2D eigenvalue weighted by molar-refractivity contribution is 5.25. The smallest absolute Gasteiger partial charge is 0.0474 e. The summed E-state index contributed by atoms with van der Waals surface area (Å²) in [5, 5.41) is 9.33. The molecule has 0 fully saturated rings. The average Bonchev–Trinajstić information content (AvgIpc) is 2.31. The first-order valence-corrected chi connectivity index (χ1v) is 6.46. The standard InChI is InChI=1S/C15H25NO/c1-5-6-13-7-9-14(10-8-13)15(16(3)4)12(2)11-17/h7-10,12,15,17H,5-6,11H2,1-4H3. The van der Waals surface area contributed by atoms with Crippen molar-refractivity contribution in [3.8, 4) is 0 Å². The lowest BCUT2D eigenvalue weighted by atomic mass is 9.93. The van der Waals surface area contributed by atoms with Gasteiger partial charge in [-0.15, -0.1) is 0 Å². The van der Waals surface area contributed by atoms with Crippen molar-refractivity contribution in [1.82, 2.24) is 4.90 Å². The minimum Gasteiger partial charge on any atom is -0.396 e. The molecule has 1 N–H and O–H groups in total. The second-order valence-corrected chi connectivity index (χ2v) is 5.06. The summed E-state index contributed by atoms with van der Waals surface area (Å²) in [5.74, 6) is 0.252. The Morgan fingerprint density at radius 1 is 1.18 bits per heavy atom. The largest absolute Gasteiger partial charge is 0.396 e. The molecule has 0 saturated carbocycles. The Hall–Kier alpha value is -0.860. The first-order valence-electron chi connectivity index (χ1n) is 6.46. The molecule has 0 aromatic heterocycles. The van der Waals surface area contributed by atoms with Crippen LogP contribution in [0.5, 0.6) is 0 Å². The van der Waals surface area contributed by atoms with Crippen molar-refractivity contribution in [2.45, 2.75) is 32.7 Å². The third-order valence-electron chi connectivity index (χ3n) is 3.24. The van der Waals surface area contributed by atoms with Crippen LogP contribution in [0.4, 0.5) is 0 Å². The molecule has 2 atom stereocenters. The number of aliphatic hydroxyl groups is 1. The molecule has 0 saturated heterocycles. The van der Waals surface area contributed by atoms with E-state index in [0.29, 0.717) is 0 Å². The van der Waals surface area contributed by atoms with Gasteiger partial charge in [0.2, 0.25) is 0 Å². The van der Waals surface area contributed by atoms with Gasteiger partial charge >= 0.3 is 0 Å². The van der Waals surface area contributed by atoms with Gasteiger partial charge in [-0.05, 0) is 37.6 Å². The monoisotopic (exact) mass is 235 g/mol. The molecular formula is C15H25NO. The van der Waals surface area contributed by atoms with Gasteiger partial charge in [-0.2, -0.15) is 0 Å². The molecule has 2 heteroatoms. The van der Waals surface area contributed by atoms with E-state index in [-0.39, 0.29) is 18.6 Å². The van der Waals surface area contributed by atoms with Crippen LogP contribution in [0.15, 0.2) is 24.3 Å². The molecule has 0 heterocycles. The van der Waals surface area contributed by atoms with E-state index in [0.717, 1.165) is 6.42 Å². The number of rotatable bonds is 6. The molecule has 0 bridgehead atoms. The first kappa shape index (κ1) is 14.2. The highest BCUT2D eigenvalue weighted by atomic mass is 16.3. The Labute approximate surface area is 105 Å². The maximum absolute atomic E-state index is 9.33. The topological polar surface area (TPSA) is 23.5 Å². The van der Waals surface area contributed by atoms with E-state index in [1.807, 2.05) is 0 Å². The lowest BCUT2D eigenvalue weighted by Crippen LogP contribution is -2.27. The summed E-state index contributed by atoms with van der Waals surface area (Å²) in [7, 11) is 4.13. The number of benzene rings is 1. The quantitative estimate of drug-likeness (QED) is 0.819. The molecule has 0 amide bonds. The average molecular weight is 235 g/mol. The lowest BCUT2D eigenvalue weighted by Gasteiger charge is -2.29. The lowest BCUT2D eigenvalue weighted by molar-refractivity contribution is 0.146. The van der Waals surface area contributed by atoms with E-state index in [1.165, 1.54) is 17.5 Å². The van der Waals surface area contributed by atoms with Crippen molar-refractivity contribution >= 4 is 0 Å². The summed E-state index contributed by atoms with van der Waals surface area (Å²) >= 11 is 0. The molecule has 0 aliphatic rings. The van der Waals surface area contributed by atoms with Gasteiger partial charge in [0.15, 0.2) is 0 Å². The van der Waals surface area contributed by atoms with Gasteiger partial charge in [0, 0.05) is 12.6 Å². The summed E-state index contributed by atoms with van der Waals surface area (Å²) in [4.78, 5) is 2.18. The van der Waals surface area contributed by atoms with Gasteiger partial charge < -0.3 is 10.0 Å². The third-order valence-corrected chi connectivity index (χ3v) is 3.24. The zero-order valence-corrected chi connectivity index (χ0v) is 11.5. The van der Waals surface area contributed by atoms with Gasteiger partial charge in [-0.3, -0.25) is 0 Å². The van der Waals surface area contributed by atoms with Crippen LogP contribution in [-0.2, 0) is 6.42 Å². The Balaban J connectivity index is 2.87. The highest BCUT2D eigenvalue weighted by Gasteiger charge is 2.20. The number of hydrogen-bond acceptors (Lipinski definition) is 2. The van der Waals surface area contributed by atoms with Gasteiger partial charge in [-0.1, -0.05) is 44.5 Å². The van der Waals surface area contributed by atoms with E-state index in [1.54, 1.807) is 0 Å². The van der Waals surface area contributed by atoms with Crippen molar-refractivity contribution in [3.05, 3.63) is 35.4 Å². The van der Waals surface area contributed by atoms with Gasteiger partial charge in [-0.25, -0.2) is 0 Å². The Bertz CT molecular complexity index is 318. The van der Waals surface area contributed by atoms with Crippen LogP contribution in [0.2, 0.25) is 0 Å². The molecule has 96 valence electrons. The number of hydrogen-bond donors (Lipinski definition) is 1. The molecule has 1 aromatic carbocycles. The van der Waals surface area contributed by atoms with E-state index in [9.17, 15) is 5.11 Å².